The fourth-order valence-corrected chi connectivity index (χ4v) is 2.54. The number of nitrogens with zero attached hydrogens (tertiary/aromatic N) is 1. The van der Waals surface area contributed by atoms with Gasteiger partial charge in [-0.05, 0) is 17.7 Å². The Morgan fingerprint density at radius 2 is 2.00 bits per heavy atom. The minimum atomic E-state index is -0.736. The number of halogens is 1. The largest absolute Gasteiger partial charge is 0.379 e. The first kappa shape index (κ1) is 19.3. The molecule has 1 aliphatic heterocycles. The van der Waals surface area contributed by atoms with Gasteiger partial charge in [0, 0.05) is 39.8 Å². The molecule has 1 aromatic rings. The lowest BCUT2D eigenvalue weighted by Crippen LogP contribution is -2.45. The summed E-state index contributed by atoms with van der Waals surface area (Å²) in [5.74, 6) is -1.81. The predicted octanol–water partition coefficient (Wildman–Crippen LogP) is 0.0778. The van der Waals surface area contributed by atoms with E-state index in [1.54, 1.807) is 12.1 Å². The zero-order valence-corrected chi connectivity index (χ0v) is 14.3. The fraction of sp³-hybridized carbons (Fsp3) is 0.529. The van der Waals surface area contributed by atoms with Crippen molar-refractivity contribution >= 4 is 11.8 Å². The van der Waals surface area contributed by atoms with Gasteiger partial charge in [0.1, 0.15) is 5.82 Å². The van der Waals surface area contributed by atoms with Crippen LogP contribution in [-0.4, -0.2) is 69.8 Å². The first-order chi connectivity index (χ1) is 12.1. The average molecular weight is 353 g/mol. The summed E-state index contributed by atoms with van der Waals surface area (Å²) in [5.41, 5.74) is 0.593. The molecule has 1 heterocycles. The van der Waals surface area contributed by atoms with Gasteiger partial charge in [0.2, 0.25) is 0 Å². The molecule has 1 atom stereocenters. The highest BCUT2D eigenvalue weighted by atomic mass is 19.1. The highest BCUT2D eigenvalue weighted by Crippen LogP contribution is 2.16. The molecule has 2 N–H and O–H groups in total. The molecule has 0 bridgehead atoms. The Hall–Kier alpha value is -2.03. The Balaban J connectivity index is 1.71. The summed E-state index contributed by atoms with van der Waals surface area (Å²) in [6.45, 7) is 4.17. The number of hydrogen-bond acceptors (Lipinski definition) is 5. The molecule has 1 fully saturated rings. The number of amides is 2. The highest BCUT2D eigenvalue weighted by molar-refractivity contribution is 6.35. The lowest BCUT2D eigenvalue weighted by molar-refractivity contribution is -0.139. The van der Waals surface area contributed by atoms with Crippen molar-refractivity contribution in [2.24, 2.45) is 0 Å². The third kappa shape index (κ3) is 6.41. The van der Waals surface area contributed by atoms with Crippen LogP contribution in [0.5, 0.6) is 0 Å². The second-order valence-electron chi connectivity index (χ2n) is 5.70. The van der Waals surface area contributed by atoms with E-state index in [0.29, 0.717) is 31.9 Å². The quantitative estimate of drug-likeness (QED) is 0.679. The zero-order chi connectivity index (χ0) is 18.1. The number of methoxy groups -OCH3 is 1. The molecule has 2 rings (SSSR count). The summed E-state index contributed by atoms with van der Waals surface area (Å²) in [7, 11) is 1.46. The van der Waals surface area contributed by atoms with Crippen LogP contribution in [0.1, 0.15) is 11.7 Å². The topological polar surface area (TPSA) is 79.9 Å². The molecule has 0 spiro atoms. The Morgan fingerprint density at radius 1 is 1.28 bits per heavy atom. The normalized spacial score (nSPS) is 16.2. The molecule has 1 aliphatic rings. The van der Waals surface area contributed by atoms with Crippen LogP contribution in [0.25, 0.3) is 0 Å². The number of rotatable bonds is 7. The summed E-state index contributed by atoms with van der Waals surface area (Å²) in [4.78, 5) is 25.8. The van der Waals surface area contributed by atoms with E-state index in [1.807, 2.05) is 0 Å². The minimum absolute atomic E-state index is 0.0790. The SMILES string of the molecule is COC(CNC(=O)C(=O)NCCN1CCOCC1)c1cccc(F)c1. The number of benzene rings is 1. The number of carbonyl (C=O) groups excluding carboxylic acids is 2. The molecule has 25 heavy (non-hydrogen) atoms. The first-order valence-corrected chi connectivity index (χ1v) is 8.24. The number of morpholine rings is 1. The number of carbonyl (C=O) groups is 2. The van der Waals surface area contributed by atoms with E-state index in [0.717, 1.165) is 13.1 Å². The minimum Gasteiger partial charge on any atom is -0.379 e. The van der Waals surface area contributed by atoms with Crippen molar-refractivity contribution in [3.63, 3.8) is 0 Å². The van der Waals surface area contributed by atoms with Gasteiger partial charge >= 0.3 is 11.8 Å². The number of nitrogens with one attached hydrogen (secondary N) is 2. The van der Waals surface area contributed by atoms with Crippen molar-refractivity contribution in [2.45, 2.75) is 6.10 Å². The summed E-state index contributed by atoms with van der Waals surface area (Å²) in [6, 6.07) is 5.93. The van der Waals surface area contributed by atoms with Crippen molar-refractivity contribution in [3.05, 3.63) is 35.6 Å². The molecule has 1 aromatic carbocycles. The van der Waals surface area contributed by atoms with Gasteiger partial charge in [0.25, 0.3) is 0 Å². The van der Waals surface area contributed by atoms with Crippen LogP contribution in [-0.2, 0) is 19.1 Å². The molecular formula is C17H24FN3O4. The van der Waals surface area contributed by atoms with E-state index in [-0.39, 0.29) is 12.4 Å². The van der Waals surface area contributed by atoms with Crippen LogP contribution < -0.4 is 10.6 Å². The van der Waals surface area contributed by atoms with Crippen LogP contribution in [0.2, 0.25) is 0 Å². The smallest absolute Gasteiger partial charge is 0.309 e. The molecule has 2 amide bonds. The van der Waals surface area contributed by atoms with Gasteiger partial charge in [-0.2, -0.15) is 0 Å². The maximum absolute atomic E-state index is 13.3. The molecule has 0 radical (unpaired) electrons. The third-order valence-corrected chi connectivity index (χ3v) is 3.98. The van der Waals surface area contributed by atoms with Crippen LogP contribution in [0.3, 0.4) is 0 Å². The Kier molecular flexibility index (Phi) is 7.77. The van der Waals surface area contributed by atoms with Gasteiger partial charge in [-0.3, -0.25) is 14.5 Å². The maximum Gasteiger partial charge on any atom is 0.309 e. The zero-order valence-electron chi connectivity index (χ0n) is 14.3. The third-order valence-electron chi connectivity index (χ3n) is 3.98. The second kappa shape index (κ2) is 10.1. The van der Waals surface area contributed by atoms with Crippen molar-refractivity contribution in [1.29, 1.82) is 0 Å². The van der Waals surface area contributed by atoms with Crippen LogP contribution in [0.15, 0.2) is 24.3 Å². The standard InChI is InChI=1S/C17H24FN3O4/c1-24-15(13-3-2-4-14(18)11-13)12-20-17(23)16(22)19-5-6-21-7-9-25-10-8-21/h2-4,11,15H,5-10,12H2,1H3,(H,19,22)(H,20,23). The van der Waals surface area contributed by atoms with E-state index < -0.39 is 17.9 Å². The van der Waals surface area contributed by atoms with Crippen LogP contribution >= 0.6 is 0 Å². The molecule has 8 heteroatoms. The molecular weight excluding hydrogens is 329 g/mol. The molecule has 1 saturated heterocycles. The molecule has 0 aromatic heterocycles. The Bertz CT molecular complexity index is 579. The van der Waals surface area contributed by atoms with Crippen LogP contribution in [0, 0.1) is 5.82 Å². The van der Waals surface area contributed by atoms with Crippen molar-refractivity contribution in [1.82, 2.24) is 15.5 Å². The predicted molar refractivity (Wildman–Crippen MR) is 89.4 cm³/mol. The van der Waals surface area contributed by atoms with Gasteiger partial charge in [0.15, 0.2) is 0 Å². The van der Waals surface area contributed by atoms with E-state index in [4.69, 9.17) is 9.47 Å². The van der Waals surface area contributed by atoms with Gasteiger partial charge in [-0.15, -0.1) is 0 Å². The first-order valence-electron chi connectivity index (χ1n) is 8.24. The van der Waals surface area contributed by atoms with Gasteiger partial charge in [0.05, 0.1) is 19.3 Å². The van der Waals surface area contributed by atoms with E-state index >= 15 is 0 Å². The molecule has 138 valence electrons. The van der Waals surface area contributed by atoms with E-state index in [2.05, 4.69) is 15.5 Å². The van der Waals surface area contributed by atoms with Gasteiger partial charge in [-0.1, -0.05) is 12.1 Å². The van der Waals surface area contributed by atoms with Crippen molar-refractivity contribution in [2.75, 3.05) is 53.0 Å². The molecule has 1 unspecified atom stereocenters. The average Bonchev–Trinajstić information content (AvgIpc) is 2.63. The monoisotopic (exact) mass is 353 g/mol. The fourth-order valence-electron chi connectivity index (χ4n) is 2.54. The summed E-state index contributed by atoms with van der Waals surface area (Å²) in [6.07, 6.45) is -0.527. The highest BCUT2D eigenvalue weighted by Gasteiger charge is 2.17. The number of hydrogen-bond donors (Lipinski definition) is 2. The van der Waals surface area contributed by atoms with E-state index in [1.165, 1.54) is 19.2 Å². The lowest BCUT2D eigenvalue weighted by atomic mass is 10.1. The number of ether oxygens (including phenoxy) is 2. The molecule has 0 saturated carbocycles. The Morgan fingerprint density at radius 3 is 2.68 bits per heavy atom. The maximum atomic E-state index is 13.3. The van der Waals surface area contributed by atoms with Gasteiger partial charge < -0.3 is 20.1 Å². The van der Waals surface area contributed by atoms with E-state index in [9.17, 15) is 14.0 Å². The summed E-state index contributed by atoms with van der Waals surface area (Å²) < 4.78 is 23.8. The molecule has 0 aliphatic carbocycles. The molecule has 7 nitrogen and oxygen atoms in total. The lowest BCUT2D eigenvalue weighted by Gasteiger charge is -2.26. The van der Waals surface area contributed by atoms with Crippen LogP contribution in [0.4, 0.5) is 4.39 Å². The second-order valence-corrected chi connectivity index (χ2v) is 5.70. The summed E-state index contributed by atoms with van der Waals surface area (Å²) >= 11 is 0. The summed E-state index contributed by atoms with van der Waals surface area (Å²) in [5, 5.41) is 5.09. The van der Waals surface area contributed by atoms with Gasteiger partial charge in [-0.25, -0.2) is 4.39 Å². The van der Waals surface area contributed by atoms with Crippen molar-refractivity contribution < 1.29 is 23.5 Å². The van der Waals surface area contributed by atoms with Crippen molar-refractivity contribution in [3.8, 4) is 0 Å². The Labute approximate surface area is 146 Å².